The van der Waals surface area contributed by atoms with Crippen molar-refractivity contribution in [3.05, 3.63) is 29.8 Å². The Kier molecular flexibility index (Phi) is 5.94. The number of amides is 1. The summed E-state index contributed by atoms with van der Waals surface area (Å²) in [4.78, 5) is 14.4. The van der Waals surface area contributed by atoms with Crippen LogP contribution < -0.4 is 14.8 Å². The first kappa shape index (κ1) is 17.8. The number of carbonyl (C=O) groups excluding carboxylic acids is 1. The van der Waals surface area contributed by atoms with Gasteiger partial charge in [-0.25, -0.2) is 0 Å². The Morgan fingerprint density at radius 3 is 3.04 bits per heavy atom. The number of hydrogen-bond acceptors (Lipinski definition) is 5. The van der Waals surface area contributed by atoms with Gasteiger partial charge in [0.05, 0.1) is 12.7 Å². The topological polar surface area (TPSA) is 60.0 Å². The second kappa shape index (κ2) is 8.36. The van der Waals surface area contributed by atoms with Crippen molar-refractivity contribution in [3.63, 3.8) is 0 Å². The number of morpholine rings is 1. The largest absolute Gasteiger partial charge is 0.454 e. The molecular formula is C19H26N2O4. The lowest BCUT2D eigenvalue weighted by atomic mass is 10.1. The zero-order chi connectivity index (χ0) is 17.6. The van der Waals surface area contributed by atoms with Gasteiger partial charge >= 0.3 is 0 Å². The van der Waals surface area contributed by atoms with E-state index in [9.17, 15) is 4.79 Å². The van der Waals surface area contributed by atoms with Gasteiger partial charge in [-0.1, -0.05) is 19.9 Å². The van der Waals surface area contributed by atoms with Crippen molar-refractivity contribution in [1.82, 2.24) is 10.2 Å². The average Bonchev–Trinajstić information content (AvgIpc) is 3.05. The zero-order valence-electron chi connectivity index (χ0n) is 14.9. The summed E-state index contributed by atoms with van der Waals surface area (Å²) in [5.41, 5.74) is 0.899. The lowest BCUT2D eigenvalue weighted by Crippen LogP contribution is -2.48. The van der Waals surface area contributed by atoms with E-state index in [1.165, 1.54) is 6.08 Å². The minimum atomic E-state index is -0.123. The fourth-order valence-electron chi connectivity index (χ4n) is 3.05. The van der Waals surface area contributed by atoms with E-state index in [-0.39, 0.29) is 18.8 Å². The number of ether oxygens (including phenoxy) is 3. The molecule has 6 nitrogen and oxygen atoms in total. The monoisotopic (exact) mass is 346 g/mol. The molecule has 3 rings (SSSR count). The summed E-state index contributed by atoms with van der Waals surface area (Å²) in [6.45, 7) is 8.83. The summed E-state index contributed by atoms with van der Waals surface area (Å²) in [6.07, 6.45) is 3.35. The maximum atomic E-state index is 12.0. The average molecular weight is 346 g/mol. The van der Waals surface area contributed by atoms with E-state index in [4.69, 9.17) is 14.2 Å². The van der Waals surface area contributed by atoms with Crippen LogP contribution in [-0.4, -0.2) is 56.5 Å². The van der Waals surface area contributed by atoms with E-state index in [0.717, 1.165) is 37.6 Å². The van der Waals surface area contributed by atoms with Gasteiger partial charge in [-0.05, 0) is 29.7 Å². The molecule has 136 valence electrons. The fourth-order valence-corrected chi connectivity index (χ4v) is 3.05. The lowest BCUT2D eigenvalue weighted by Gasteiger charge is -2.33. The molecule has 25 heavy (non-hydrogen) atoms. The summed E-state index contributed by atoms with van der Waals surface area (Å²) in [5, 5.41) is 2.92. The minimum absolute atomic E-state index is 0.0513. The smallest absolute Gasteiger partial charge is 0.244 e. The van der Waals surface area contributed by atoms with Gasteiger partial charge in [-0.3, -0.25) is 9.69 Å². The van der Waals surface area contributed by atoms with Crippen LogP contribution in [0.2, 0.25) is 0 Å². The predicted octanol–water partition coefficient (Wildman–Crippen LogP) is 1.90. The van der Waals surface area contributed by atoms with Crippen molar-refractivity contribution in [3.8, 4) is 11.5 Å². The SMILES string of the molecule is CC(C)CN1CCOC(CNC(=O)/C=C/c2ccc3c(c2)OCO3)C1. The molecule has 0 bridgehead atoms. The molecule has 0 aliphatic carbocycles. The van der Waals surface area contributed by atoms with Gasteiger partial charge in [-0.15, -0.1) is 0 Å². The summed E-state index contributed by atoms with van der Waals surface area (Å²) in [7, 11) is 0. The maximum Gasteiger partial charge on any atom is 0.244 e. The number of carbonyl (C=O) groups is 1. The highest BCUT2D eigenvalue weighted by Crippen LogP contribution is 2.32. The van der Waals surface area contributed by atoms with Crippen LogP contribution >= 0.6 is 0 Å². The number of nitrogens with zero attached hydrogens (tertiary/aromatic N) is 1. The Morgan fingerprint density at radius 1 is 1.36 bits per heavy atom. The first-order valence-electron chi connectivity index (χ1n) is 8.79. The molecule has 0 spiro atoms. The van der Waals surface area contributed by atoms with Crippen molar-refractivity contribution < 1.29 is 19.0 Å². The molecule has 6 heteroatoms. The summed E-state index contributed by atoms with van der Waals surface area (Å²) in [6, 6.07) is 5.60. The summed E-state index contributed by atoms with van der Waals surface area (Å²) in [5.74, 6) is 1.96. The highest BCUT2D eigenvalue weighted by molar-refractivity contribution is 5.91. The fraction of sp³-hybridized carbons (Fsp3) is 0.526. The van der Waals surface area contributed by atoms with Crippen LogP contribution in [0, 0.1) is 5.92 Å². The van der Waals surface area contributed by atoms with Crippen LogP contribution in [0.1, 0.15) is 19.4 Å². The maximum absolute atomic E-state index is 12.0. The number of benzene rings is 1. The second-order valence-electron chi connectivity index (χ2n) is 6.84. The molecule has 0 saturated carbocycles. The van der Waals surface area contributed by atoms with Gasteiger partial charge in [0.25, 0.3) is 0 Å². The highest BCUT2D eigenvalue weighted by Gasteiger charge is 2.21. The number of nitrogens with one attached hydrogen (secondary N) is 1. The molecule has 1 saturated heterocycles. The molecule has 1 fully saturated rings. The molecule has 0 radical (unpaired) electrons. The molecule has 1 N–H and O–H groups in total. The normalized spacial score (nSPS) is 20.4. The van der Waals surface area contributed by atoms with Gasteiger partial charge in [0.15, 0.2) is 11.5 Å². The lowest BCUT2D eigenvalue weighted by molar-refractivity contribution is -0.117. The number of rotatable bonds is 6. The molecule has 1 unspecified atom stereocenters. The van der Waals surface area contributed by atoms with E-state index in [2.05, 4.69) is 24.1 Å². The third-order valence-corrected chi connectivity index (χ3v) is 4.17. The third kappa shape index (κ3) is 5.21. The predicted molar refractivity (Wildman–Crippen MR) is 95.6 cm³/mol. The Hall–Kier alpha value is -2.05. The molecule has 0 aromatic heterocycles. The number of hydrogen-bond donors (Lipinski definition) is 1. The Bertz CT molecular complexity index is 630. The molecule has 1 aromatic rings. The van der Waals surface area contributed by atoms with E-state index < -0.39 is 0 Å². The van der Waals surface area contributed by atoms with E-state index >= 15 is 0 Å². The van der Waals surface area contributed by atoms with Gasteiger partial charge in [0.1, 0.15) is 0 Å². The van der Waals surface area contributed by atoms with E-state index in [1.54, 1.807) is 6.08 Å². The van der Waals surface area contributed by atoms with Crippen LogP contribution in [0.15, 0.2) is 24.3 Å². The van der Waals surface area contributed by atoms with E-state index in [1.807, 2.05) is 18.2 Å². The molecule has 2 heterocycles. The molecule has 1 aromatic carbocycles. The second-order valence-corrected chi connectivity index (χ2v) is 6.84. The van der Waals surface area contributed by atoms with Crippen molar-refractivity contribution in [1.29, 1.82) is 0 Å². The molecule has 2 aliphatic rings. The van der Waals surface area contributed by atoms with Gasteiger partial charge < -0.3 is 19.5 Å². The highest BCUT2D eigenvalue weighted by atomic mass is 16.7. The Morgan fingerprint density at radius 2 is 2.20 bits per heavy atom. The van der Waals surface area contributed by atoms with Crippen LogP contribution in [0.25, 0.3) is 6.08 Å². The van der Waals surface area contributed by atoms with E-state index in [0.29, 0.717) is 18.2 Å². The number of fused-ring (bicyclic) bond motifs is 1. The van der Waals surface area contributed by atoms with Gasteiger partial charge in [0, 0.05) is 32.3 Å². The van der Waals surface area contributed by atoms with Crippen molar-refractivity contribution >= 4 is 12.0 Å². The first-order valence-corrected chi connectivity index (χ1v) is 8.79. The van der Waals surface area contributed by atoms with Crippen LogP contribution in [0.5, 0.6) is 11.5 Å². The van der Waals surface area contributed by atoms with Crippen LogP contribution in [-0.2, 0) is 9.53 Å². The van der Waals surface area contributed by atoms with Gasteiger partial charge in [0.2, 0.25) is 12.7 Å². The minimum Gasteiger partial charge on any atom is -0.454 e. The summed E-state index contributed by atoms with van der Waals surface area (Å²) >= 11 is 0. The molecule has 1 amide bonds. The first-order chi connectivity index (χ1) is 12.1. The van der Waals surface area contributed by atoms with Crippen molar-refractivity contribution in [2.75, 3.05) is 39.6 Å². The Balaban J connectivity index is 1.44. The van der Waals surface area contributed by atoms with Crippen molar-refractivity contribution in [2.24, 2.45) is 5.92 Å². The summed E-state index contributed by atoms with van der Waals surface area (Å²) < 4.78 is 16.3. The van der Waals surface area contributed by atoms with Crippen molar-refractivity contribution in [2.45, 2.75) is 20.0 Å². The van der Waals surface area contributed by atoms with Gasteiger partial charge in [-0.2, -0.15) is 0 Å². The molecule has 2 aliphatic heterocycles. The Labute approximate surface area is 148 Å². The molecular weight excluding hydrogens is 320 g/mol. The molecule has 1 atom stereocenters. The zero-order valence-corrected chi connectivity index (χ0v) is 14.9. The van der Waals surface area contributed by atoms with Crippen LogP contribution in [0.4, 0.5) is 0 Å². The quantitative estimate of drug-likeness (QED) is 0.797. The third-order valence-electron chi connectivity index (χ3n) is 4.17. The van der Waals surface area contributed by atoms with Crippen LogP contribution in [0.3, 0.4) is 0 Å². The standard InChI is InChI=1S/C19H26N2O4/c1-14(2)11-21-7-8-23-16(12-21)10-20-19(22)6-4-15-3-5-17-18(9-15)25-13-24-17/h3-6,9,14,16H,7-8,10-13H2,1-2H3,(H,20,22)/b6-4+.